The van der Waals surface area contributed by atoms with Crippen LogP contribution in [0.25, 0.3) is 0 Å². The van der Waals surface area contributed by atoms with E-state index in [9.17, 15) is 51.7 Å². The van der Waals surface area contributed by atoms with E-state index < -0.39 is 31.7 Å². The van der Waals surface area contributed by atoms with Crippen LogP contribution in [0.15, 0.2) is 4.99 Å². The van der Waals surface area contributed by atoms with E-state index in [1.54, 1.807) is 0 Å². The molecule has 0 aromatic rings. The van der Waals surface area contributed by atoms with Crippen molar-refractivity contribution in [2.75, 3.05) is 24.6 Å². The molecule has 8 saturated carbocycles. The van der Waals surface area contributed by atoms with Gasteiger partial charge in [0, 0.05) is 13.0 Å². The normalized spacial score (nSPS) is 44.8. The van der Waals surface area contributed by atoms with E-state index in [1.165, 1.54) is 44.9 Å². The number of amides is 1. The summed E-state index contributed by atoms with van der Waals surface area (Å²) in [5, 5.41) is 57.6. The van der Waals surface area contributed by atoms with Gasteiger partial charge in [0.2, 0.25) is 5.91 Å². The number of rotatable bonds is 14. The van der Waals surface area contributed by atoms with Crippen molar-refractivity contribution in [2.45, 2.75) is 194 Å². The number of hydrogen-bond acceptors (Lipinski definition) is 12. The van der Waals surface area contributed by atoms with Crippen LogP contribution >= 0.6 is 0 Å². The summed E-state index contributed by atoms with van der Waals surface area (Å²) in [7, 11) is -8.40. The van der Waals surface area contributed by atoms with Gasteiger partial charge in [-0.25, -0.2) is 8.42 Å². The first-order chi connectivity index (χ1) is 31.7. The summed E-state index contributed by atoms with van der Waals surface area (Å²) in [5.41, 5.74) is 0.707. The van der Waals surface area contributed by atoms with Crippen LogP contribution in [0, 0.1) is 92.7 Å². The predicted molar refractivity (Wildman–Crippen MR) is 264 cm³/mol. The molecular formula is C52H88CaN2O12S2. The van der Waals surface area contributed by atoms with Gasteiger partial charge in [-0.05, 0) is 221 Å². The van der Waals surface area contributed by atoms with E-state index in [0.29, 0.717) is 72.0 Å². The Kier molecular flexibility index (Phi) is 19.0. The maximum Gasteiger partial charge on any atom is 2.00 e. The zero-order valence-electron chi connectivity index (χ0n) is 42.8. The molecule has 6 N–H and O–H groups in total. The Balaban J connectivity index is 0.000000224. The first-order valence-electron chi connectivity index (χ1n) is 26.8. The summed E-state index contributed by atoms with van der Waals surface area (Å²) >= 11 is 0. The molecule has 0 heterocycles. The van der Waals surface area contributed by atoms with Crippen molar-refractivity contribution in [1.29, 1.82) is 0 Å². The first kappa shape index (κ1) is 58.1. The van der Waals surface area contributed by atoms with E-state index >= 15 is 0 Å². The van der Waals surface area contributed by atoms with Crippen LogP contribution in [0.4, 0.5) is 0 Å². The molecule has 0 unspecified atom stereocenters. The molecule has 8 rings (SSSR count). The molecule has 1 amide bonds. The molecule has 392 valence electrons. The molecule has 0 aromatic heterocycles. The number of aliphatic hydroxyl groups is 4. The van der Waals surface area contributed by atoms with Crippen molar-refractivity contribution in [3.8, 4) is 0 Å². The van der Waals surface area contributed by atoms with Gasteiger partial charge in [0.05, 0.1) is 52.6 Å². The number of carbonyl (C=O) groups excluding carboxylic acids is 1. The molecule has 14 nitrogen and oxygen atoms in total. The topological polar surface area (TPSA) is 257 Å². The number of aliphatic imine (C=N–C) groups is 1. The summed E-state index contributed by atoms with van der Waals surface area (Å²) in [5.74, 6) is 4.30. The molecule has 0 bridgehead atoms. The van der Waals surface area contributed by atoms with Crippen molar-refractivity contribution in [3.05, 3.63) is 0 Å². The van der Waals surface area contributed by atoms with Crippen LogP contribution < -0.4 is 10.4 Å². The number of nitrogens with zero attached hydrogens (tertiary/aromatic N) is 1. The third kappa shape index (κ3) is 12.4. The van der Waals surface area contributed by atoms with Crippen LogP contribution in [0.2, 0.25) is 0 Å². The van der Waals surface area contributed by atoms with Gasteiger partial charge in [0.1, 0.15) is 0 Å². The zero-order valence-corrected chi connectivity index (χ0v) is 46.6. The number of nitrogens with one attached hydrogen (secondary N) is 1. The molecule has 0 spiro atoms. The summed E-state index contributed by atoms with van der Waals surface area (Å²) in [6, 6.07) is 0. The maximum atomic E-state index is 12.2. The van der Waals surface area contributed by atoms with E-state index in [-0.39, 0.29) is 121 Å². The predicted octanol–water partition coefficient (Wildman–Crippen LogP) is 5.71. The minimum atomic E-state index is -4.34. The van der Waals surface area contributed by atoms with Crippen molar-refractivity contribution < 1.29 is 56.3 Å². The summed E-state index contributed by atoms with van der Waals surface area (Å²) in [6.07, 6.45) is 17.5. The molecule has 0 radical (unpaired) electrons. The second-order valence-corrected chi connectivity index (χ2v) is 28.2. The van der Waals surface area contributed by atoms with Gasteiger partial charge in [-0.3, -0.25) is 9.35 Å². The largest absolute Gasteiger partial charge is 2.00 e. The minimum absolute atomic E-state index is 0. The summed E-state index contributed by atoms with van der Waals surface area (Å²) in [4.78, 5) is 16.0. The Hall–Kier alpha value is -0.140. The second kappa shape index (κ2) is 22.6. The molecule has 8 fully saturated rings. The van der Waals surface area contributed by atoms with E-state index in [4.69, 9.17) is 4.55 Å². The summed E-state index contributed by atoms with van der Waals surface area (Å²) in [6.45, 7) is 13.9. The van der Waals surface area contributed by atoms with Crippen molar-refractivity contribution in [1.82, 2.24) is 5.32 Å². The smallest absolute Gasteiger partial charge is 0.862 e. The molecule has 0 aliphatic heterocycles. The quantitative estimate of drug-likeness (QED) is 0.0529. The standard InChI is InChI=1S/2C26H45NO6S.Ca/c2*1-16(4-7-24(30)27-12-13-34(31,32)33)19-5-6-20-18-15-23(29)22-14-17(28)8-10-26(22,3)21(18)9-11-25(19,20)2;/h2*16-23,28-29H,4-15H2,1-3H3,(H,27,30)(H,31,32,33);/q;;+2/p-2/t2*16-,17-,18+,19-,20+,21+,22+,23+,25-,26-;/m11./s1. The zero-order chi connectivity index (χ0) is 49.8. The molecule has 0 aromatic carbocycles. The monoisotopic (exact) mass is 1040 g/mol. The average molecular weight is 1040 g/mol. The SMILES string of the molecule is C[C@H](CCC(=O)NCCS(=O)(=O)O)[C@H]1CC[C@H]2[C@@H]3C[C@H](O)[C@@H]4C[C@H](O)CC[C@]4(C)[C@H]3CC[C@]12C.C[C@H](CCC([O-])=NCCS(=O)(=O)[O-])[C@H]1CC[C@H]2[C@@H]3C[C@H](O)[C@@H]4C[C@H](O)CC[C@]4(C)[C@H]3CC[C@]12C.[Ca+2]. The molecule has 0 saturated heterocycles. The Bertz CT molecular complexity index is 2030. The van der Waals surface area contributed by atoms with Gasteiger partial charge in [0.25, 0.3) is 10.1 Å². The number of hydrogen-bond donors (Lipinski definition) is 6. The van der Waals surface area contributed by atoms with Crippen molar-refractivity contribution in [3.63, 3.8) is 0 Å². The van der Waals surface area contributed by atoms with E-state index in [2.05, 4.69) is 51.9 Å². The Morgan fingerprint density at radius 3 is 1.48 bits per heavy atom. The fourth-order valence-electron chi connectivity index (χ4n) is 18.4. The third-order valence-corrected chi connectivity index (χ3v) is 23.2. The van der Waals surface area contributed by atoms with Crippen LogP contribution in [-0.2, 0) is 25.0 Å². The van der Waals surface area contributed by atoms with E-state index in [1.807, 2.05) is 0 Å². The molecule has 17 heteroatoms. The Labute approximate surface area is 444 Å². The number of fused-ring (bicyclic) bond motifs is 10. The van der Waals surface area contributed by atoms with Gasteiger partial charge >= 0.3 is 37.7 Å². The van der Waals surface area contributed by atoms with Crippen LogP contribution in [0.1, 0.15) is 170 Å². The third-order valence-electron chi connectivity index (χ3n) is 21.8. The first-order valence-corrected chi connectivity index (χ1v) is 30.0. The van der Waals surface area contributed by atoms with Crippen molar-refractivity contribution >= 4 is 69.8 Å². The minimum Gasteiger partial charge on any atom is -0.862 e. The molecule has 8 aliphatic carbocycles. The molecule has 69 heavy (non-hydrogen) atoms. The Morgan fingerprint density at radius 1 is 0.623 bits per heavy atom. The van der Waals surface area contributed by atoms with Gasteiger partial charge in [-0.2, -0.15) is 8.42 Å². The Morgan fingerprint density at radius 2 is 1.04 bits per heavy atom. The van der Waals surface area contributed by atoms with Crippen LogP contribution in [0.3, 0.4) is 0 Å². The number of aliphatic hydroxyl groups excluding tert-OH is 4. The van der Waals surface area contributed by atoms with Gasteiger partial charge in [-0.1, -0.05) is 41.5 Å². The molecule has 20 atom stereocenters. The molecular weight excluding hydrogens is 949 g/mol. The average Bonchev–Trinajstić information content (AvgIpc) is 3.80. The van der Waals surface area contributed by atoms with Crippen LogP contribution in [-0.4, -0.2) is 145 Å². The van der Waals surface area contributed by atoms with Gasteiger partial charge < -0.3 is 40.4 Å². The summed E-state index contributed by atoms with van der Waals surface area (Å²) < 4.78 is 62.6. The fraction of sp³-hybridized carbons (Fsp3) is 0.962. The number of carbonyl (C=O) groups is 1. The molecule has 8 aliphatic rings. The van der Waals surface area contributed by atoms with Crippen molar-refractivity contribution in [2.24, 2.45) is 97.7 Å². The van der Waals surface area contributed by atoms with Crippen LogP contribution in [0.5, 0.6) is 0 Å². The second-order valence-electron chi connectivity index (χ2n) is 25.1. The van der Waals surface area contributed by atoms with Gasteiger partial charge in [0.15, 0.2) is 0 Å². The van der Waals surface area contributed by atoms with Gasteiger partial charge in [-0.15, -0.1) is 0 Å². The fourth-order valence-corrected chi connectivity index (χ4v) is 19.1. The van der Waals surface area contributed by atoms with E-state index in [0.717, 1.165) is 70.6 Å². The maximum absolute atomic E-state index is 12.2.